The third-order valence-electron chi connectivity index (χ3n) is 1.12. The van der Waals surface area contributed by atoms with Crippen LogP contribution in [0.3, 0.4) is 0 Å². The molecular weight excluding hydrogens is 160 g/mol. The minimum atomic E-state index is -0.417. The van der Waals surface area contributed by atoms with Gasteiger partial charge in [0.25, 0.3) is 0 Å². The number of carbonyl (C=O) groups is 2. The molecule has 0 rings (SSSR count). The molecule has 0 aromatic heterocycles. The maximum Gasteiger partial charge on any atom is 0.209 e. The minimum Gasteiger partial charge on any atom is -0.294 e. The van der Waals surface area contributed by atoms with Crippen molar-refractivity contribution >= 4 is 23.5 Å². The van der Waals surface area contributed by atoms with Gasteiger partial charge in [-0.25, -0.2) is 0 Å². The van der Waals surface area contributed by atoms with Crippen LogP contribution in [0.1, 0.15) is 20.8 Å². The standard InChI is InChI=1S/C8H12O2S/c1-8(2,3)6(9)4-5-7(10)11/h4-5H,1-3H3,(H,10,11). The fraction of sp³-hybridized carbons (Fsp3) is 0.500. The van der Waals surface area contributed by atoms with Crippen LogP contribution in [0.4, 0.5) is 0 Å². The van der Waals surface area contributed by atoms with Crippen molar-refractivity contribution in [2.24, 2.45) is 5.41 Å². The summed E-state index contributed by atoms with van der Waals surface area (Å²) in [6, 6.07) is 0. The molecule has 0 saturated carbocycles. The highest BCUT2D eigenvalue weighted by atomic mass is 32.1. The van der Waals surface area contributed by atoms with Gasteiger partial charge in [0.15, 0.2) is 5.78 Å². The van der Waals surface area contributed by atoms with E-state index >= 15 is 0 Å². The number of carbonyl (C=O) groups excluding carboxylic acids is 2. The predicted octanol–water partition coefficient (Wildman–Crippen LogP) is 1.61. The van der Waals surface area contributed by atoms with Crippen LogP contribution in [0.15, 0.2) is 12.2 Å². The van der Waals surface area contributed by atoms with Gasteiger partial charge in [-0.2, -0.15) is 0 Å². The Morgan fingerprint density at radius 3 is 1.91 bits per heavy atom. The molecule has 62 valence electrons. The van der Waals surface area contributed by atoms with Crippen LogP contribution in [0.5, 0.6) is 0 Å². The van der Waals surface area contributed by atoms with E-state index in [0.717, 1.165) is 6.08 Å². The Bertz CT molecular complexity index is 199. The van der Waals surface area contributed by atoms with Crippen LogP contribution < -0.4 is 0 Å². The van der Waals surface area contributed by atoms with E-state index in [1.54, 1.807) is 20.8 Å². The van der Waals surface area contributed by atoms with Gasteiger partial charge in [-0.15, -0.1) is 12.6 Å². The lowest BCUT2D eigenvalue weighted by Crippen LogP contribution is -2.17. The molecule has 0 amide bonds. The number of hydrogen-bond acceptors (Lipinski definition) is 2. The summed E-state index contributed by atoms with van der Waals surface area (Å²) in [5.74, 6) is -0.0695. The molecular formula is C8H12O2S. The van der Waals surface area contributed by atoms with Crippen molar-refractivity contribution in [3.63, 3.8) is 0 Å². The lowest BCUT2D eigenvalue weighted by molar-refractivity contribution is -0.121. The van der Waals surface area contributed by atoms with Crippen LogP contribution >= 0.6 is 12.6 Å². The van der Waals surface area contributed by atoms with E-state index in [1.807, 2.05) is 0 Å². The zero-order chi connectivity index (χ0) is 9.07. The van der Waals surface area contributed by atoms with Crippen LogP contribution in [-0.4, -0.2) is 10.9 Å². The summed E-state index contributed by atoms with van der Waals surface area (Å²) in [6.07, 6.45) is 2.42. The summed E-state index contributed by atoms with van der Waals surface area (Å²) in [5, 5.41) is -0.400. The number of thiol groups is 1. The molecule has 2 nitrogen and oxygen atoms in total. The zero-order valence-electron chi connectivity index (χ0n) is 6.92. The molecule has 0 bridgehead atoms. The summed E-state index contributed by atoms with van der Waals surface area (Å²) in [4.78, 5) is 21.4. The topological polar surface area (TPSA) is 34.1 Å². The second-order valence-corrected chi connectivity index (χ2v) is 3.73. The van der Waals surface area contributed by atoms with E-state index in [9.17, 15) is 9.59 Å². The highest BCUT2D eigenvalue weighted by Crippen LogP contribution is 2.14. The van der Waals surface area contributed by atoms with E-state index in [0.29, 0.717) is 0 Å². The molecule has 0 unspecified atom stereocenters. The Morgan fingerprint density at radius 1 is 1.18 bits per heavy atom. The first kappa shape index (κ1) is 10.4. The summed E-state index contributed by atoms with van der Waals surface area (Å²) in [5.41, 5.74) is -0.417. The molecule has 0 radical (unpaired) electrons. The van der Waals surface area contributed by atoms with Gasteiger partial charge in [0.05, 0.1) is 0 Å². The van der Waals surface area contributed by atoms with Gasteiger partial charge < -0.3 is 0 Å². The van der Waals surface area contributed by atoms with E-state index < -0.39 is 10.5 Å². The van der Waals surface area contributed by atoms with Crippen LogP contribution in [-0.2, 0) is 9.59 Å². The first-order chi connectivity index (χ1) is 4.84. The third-order valence-corrected chi connectivity index (χ3v) is 1.27. The van der Waals surface area contributed by atoms with Crippen LogP contribution in [0.2, 0.25) is 0 Å². The van der Waals surface area contributed by atoms with Gasteiger partial charge in [0.1, 0.15) is 0 Å². The minimum absolute atomic E-state index is 0.0695. The average molecular weight is 172 g/mol. The Labute approximate surface area is 72.1 Å². The van der Waals surface area contributed by atoms with Gasteiger partial charge in [-0.1, -0.05) is 20.8 Å². The van der Waals surface area contributed by atoms with Gasteiger partial charge >= 0.3 is 0 Å². The van der Waals surface area contributed by atoms with Crippen molar-refractivity contribution in [2.75, 3.05) is 0 Å². The Balaban J connectivity index is 4.20. The molecule has 11 heavy (non-hydrogen) atoms. The summed E-state index contributed by atoms with van der Waals surface area (Å²) in [6.45, 7) is 5.38. The average Bonchev–Trinajstić information content (AvgIpc) is 1.80. The lowest BCUT2D eigenvalue weighted by Gasteiger charge is -2.12. The SMILES string of the molecule is CC(C)(C)C(=O)C=CC(=O)S. The number of rotatable bonds is 2. The highest BCUT2D eigenvalue weighted by molar-refractivity contribution is 7.97. The first-order valence-electron chi connectivity index (χ1n) is 3.29. The summed E-state index contributed by atoms with van der Waals surface area (Å²) in [7, 11) is 0. The van der Waals surface area contributed by atoms with Gasteiger partial charge in [-0.05, 0) is 12.2 Å². The largest absolute Gasteiger partial charge is 0.294 e. The van der Waals surface area contributed by atoms with Gasteiger partial charge in [-0.3, -0.25) is 9.59 Å². The fourth-order valence-corrected chi connectivity index (χ4v) is 0.472. The maximum absolute atomic E-state index is 11.1. The normalized spacial score (nSPS) is 12.0. The predicted molar refractivity (Wildman–Crippen MR) is 47.6 cm³/mol. The molecule has 0 aliphatic rings. The molecule has 3 heteroatoms. The molecule has 0 spiro atoms. The van der Waals surface area contributed by atoms with E-state index in [4.69, 9.17) is 0 Å². The Morgan fingerprint density at radius 2 is 1.64 bits per heavy atom. The number of hydrogen-bond donors (Lipinski definition) is 1. The van der Waals surface area contributed by atoms with Crippen molar-refractivity contribution in [2.45, 2.75) is 20.8 Å². The molecule has 0 atom stereocenters. The van der Waals surface area contributed by atoms with E-state index in [1.165, 1.54) is 6.08 Å². The lowest BCUT2D eigenvalue weighted by atomic mass is 9.91. The Hall–Kier alpha value is -0.570. The van der Waals surface area contributed by atoms with Crippen molar-refractivity contribution in [3.8, 4) is 0 Å². The molecule has 0 aliphatic heterocycles. The smallest absolute Gasteiger partial charge is 0.209 e. The molecule has 0 aliphatic carbocycles. The monoisotopic (exact) mass is 172 g/mol. The third kappa shape index (κ3) is 4.79. The van der Waals surface area contributed by atoms with E-state index in [2.05, 4.69) is 12.6 Å². The summed E-state index contributed by atoms with van der Waals surface area (Å²) < 4.78 is 0. The molecule has 0 aromatic rings. The number of allylic oxidation sites excluding steroid dienone is 1. The fourth-order valence-electron chi connectivity index (χ4n) is 0.397. The van der Waals surface area contributed by atoms with Crippen molar-refractivity contribution in [1.82, 2.24) is 0 Å². The van der Waals surface area contributed by atoms with Crippen molar-refractivity contribution < 1.29 is 9.59 Å². The second kappa shape index (κ2) is 3.72. The Kier molecular flexibility index (Phi) is 3.52. The van der Waals surface area contributed by atoms with E-state index in [-0.39, 0.29) is 5.78 Å². The molecule has 0 N–H and O–H groups in total. The zero-order valence-corrected chi connectivity index (χ0v) is 7.81. The van der Waals surface area contributed by atoms with Gasteiger partial charge in [0.2, 0.25) is 5.12 Å². The molecule has 0 heterocycles. The highest BCUT2D eigenvalue weighted by Gasteiger charge is 2.17. The van der Waals surface area contributed by atoms with Crippen LogP contribution in [0.25, 0.3) is 0 Å². The summed E-state index contributed by atoms with van der Waals surface area (Å²) >= 11 is 3.49. The van der Waals surface area contributed by atoms with Gasteiger partial charge in [0, 0.05) is 5.41 Å². The van der Waals surface area contributed by atoms with Crippen molar-refractivity contribution in [1.29, 1.82) is 0 Å². The van der Waals surface area contributed by atoms with Crippen molar-refractivity contribution in [3.05, 3.63) is 12.2 Å². The first-order valence-corrected chi connectivity index (χ1v) is 3.74. The molecule has 0 fully saturated rings. The molecule has 0 aromatic carbocycles. The quantitative estimate of drug-likeness (QED) is 0.507. The number of ketones is 1. The second-order valence-electron chi connectivity index (χ2n) is 3.29. The van der Waals surface area contributed by atoms with Crippen LogP contribution in [0, 0.1) is 5.41 Å². The maximum atomic E-state index is 11.1. The molecule has 0 saturated heterocycles.